The van der Waals surface area contributed by atoms with E-state index >= 15 is 0 Å². The number of anilines is 2. The van der Waals surface area contributed by atoms with Gasteiger partial charge >= 0.3 is 0 Å². The topological polar surface area (TPSA) is 113 Å². The highest BCUT2D eigenvalue weighted by Gasteiger charge is 2.36. The lowest BCUT2D eigenvalue weighted by molar-refractivity contribution is -0.0277. The van der Waals surface area contributed by atoms with E-state index in [4.69, 9.17) is 15.3 Å². The van der Waals surface area contributed by atoms with Crippen molar-refractivity contribution in [3.63, 3.8) is 0 Å². The van der Waals surface area contributed by atoms with E-state index in [1.807, 2.05) is 20.8 Å². The minimum Gasteiger partial charge on any atom is -0.390 e. The Balaban J connectivity index is 2.53. The highest BCUT2D eigenvalue weighted by atomic mass is 16.3. The fraction of sp³-hybridized carbons (Fsp3) is 0.706. The summed E-state index contributed by atoms with van der Waals surface area (Å²) < 4.78 is 56.4. The van der Waals surface area contributed by atoms with Crippen molar-refractivity contribution in [2.45, 2.75) is 70.9 Å². The third-order valence-electron chi connectivity index (χ3n) is 3.41. The molecule has 3 atom stereocenters. The summed E-state index contributed by atoms with van der Waals surface area (Å²) in [5, 5.41) is 16.6. The number of nitrogens with two attached hydrogens (primary N) is 1. The predicted molar refractivity (Wildman–Crippen MR) is 95.0 cm³/mol. The Kier molecular flexibility index (Phi) is 2.96. The molecule has 1 aromatic rings. The molecule has 0 radical (unpaired) electrons. The normalized spacial score (nSPS) is 36.6. The molecule has 1 aliphatic rings. The number of amides is 1. The molecule has 1 aromatic heterocycles. The average molecular weight is 342 g/mol. The van der Waals surface area contributed by atoms with Crippen molar-refractivity contribution in [2.75, 3.05) is 10.6 Å². The van der Waals surface area contributed by atoms with Gasteiger partial charge in [0.15, 0.2) is 0 Å². The molecule has 2 rings (SSSR count). The summed E-state index contributed by atoms with van der Waals surface area (Å²) in [7, 11) is 0. The summed E-state index contributed by atoms with van der Waals surface area (Å²) in [5.74, 6) is -2.90. The maximum Gasteiger partial charge on any atom is 0.254 e. The zero-order chi connectivity index (χ0) is 24.2. The zero-order valence-electron chi connectivity index (χ0n) is 21.3. The molecule has 1 heterocycles. The number of carbonyl (C=O) groups is 1. The molecule has 0 saturated heterocycles. The number of aliphatic hydroxyl groups is 1. The third-order valence-corrected chi connectivity index (χ3v) is 3.41. The van der Waals surface area contributed by atoms with Crippen LogP contribution in [0, 0.1) is 5.92 Å². The Bertz CT molecular complexity index is 852. The average Bonchev–Trinajstić information content (AvgIpc) is 2.48. The fourth-order valence-corrected chi connectivity index (χ4v) is 2.24. The van der Waals surface area contributed by atoms with Gasteiger partial charge in [-0.1, -0.05) is 6.85 Å². The molecule has 1 saturated carbocycles. The highest BCUT2D eigenvalue weighted by molar-refractivity contribution is 5.97. The lowest BCUT2D eigenvalue weighted by Crippen LogP contribution is -2.44. The summed E-state index contributed by atoms with van der Waals surface area (Å²) in [5.41, 5.74) is 2.22. The summed E-state index contributed by atoms with van der Waals surface area (Å²) in [6.45, 7) is 3.59. The van der Waals surface area contributed by atoms with Crippen LogP contribution < -0.4 is 16.4 Å². The molecule has 1 amide bonds. The summed E-state index contributed by atoms with van der Waals surface area (Å²) in [4.78, 5) is 20.1. The molecule has 7 nitrogen and oxygen atoms in total. The van der Waals surface area contributed by atoms with E-state index in [2.05, 4.69) is 20.6 Å². The molecule has 7 heteroatoms. The molecular weight excluding hydrogens is 306 g/mol. The highest BCUT2D eigenvalue weighted by Crippen LogP contribution is 2.34. The molecule has 0 aliphatic heterocycles. The Hall–Kier alpha value is -1.89. The first kappa shape index (κ1) is 10.9. The van der Waals surface area contributed by atoms with Crippen LogP contribution in [0.3, 0.4) is 0 Å². The van der Waals surface area contributed by atoms with Gasteiger partial charge < -0.3 is 21.5 Å². The van der Waals surface area contributed by atoms with Gasteiger partial charge in [-0.05, 0) is 52.8 Å². The molecule has 0 aromatic carbocycles. The van der Waals surface area contributed by atoms with Crippen molar-refractivity contribution >= 4 is 17.7 Å². The largest absolute Gasteiger partial charge is 0.390 e. The maximum atomic E-state index is 11.8. The monoisotopic (exact) mass is 342 g/mol. The van der Waals surface area contributed by atoms with Crippen LogP contribution in [0.4, 0.5) is 11.8 Å². The van der Waals surface area contributed by atoms with Gasteiger partial charge in [-0.3, -0.25) is 4.79 Å². The predicted octanol–water partition coefficient (Wildman–Crippen LogP) is 2.14. The number of carbonyl (C=O) groups excluding carboxylic acids is 1. The molecule has 1 unspecified atom stereocenters. The Morgan fingerprint density at radius 2 is 2.29 bits per heavy atom. The minimum absolute atomic E-state index is 0.117. The van der Waals surface area contributed by atoms with E-state index in [0.717, 1.165) is 13.1 Å². The Morgan fingerprint density at radius 3 is 2.88 bits per heavy atom. The summed E-state index contributed by atoms with van der Waals surface area (Å²) >= 11 is 0. The van der Waals surface area contributed by atoms with Crippen LogP contribution in [0.15, 0.2) is 6.20 Å². The van der Waals surface area contributed by atoms with Crippen molar-refractivity contribution in [1.29, 1.82) is 0 Å². The third kappa shape index (κ3) is 4.56. The van der Waals surface area contributed by atoms with Crippen molar-refractivity contribution in [1.82, 2.24) is 9.97 Å². The first-order valence-electron chi connectivity index (χ1n) is 11.1. The lowest BCUT2D eigenvalue weighted by Gasteiger charge is -2.39. The fourth-order valence-electron chi connectivity index (χ4n) is 2.24. The number of rotatable bonds is 4. The number of hydrogen-bond donors (Lipinski definition) is 4. The summed E-state index contributed by atoms with van der Waals surface area (Å²) in [6, 6.07) is -1.42. The van der Waals surface area contributed by atoms with Crippen LogP contribution in [0.5, 0.6) is 0 Å². The van der Waals surface area contributed by atoms with Crippen LogP contribution in [0.2, 0.25) is 0 Å². The molecule has 5 N–H and O–H groups in total. The van der Waals surface area contributed by atoms with Gasteiger partial charge in [0.1, 0.15) is 5.82 Å². The molecule has 24 heavy (non-hydrogen) atoms. The van der Waals surface area contributed by atoms with Gasteiger partial charge in [0.2, 0.25) is 5.95 Å². The van der Waals surface area contributed by atoms with E-state index in [-0.39, 0.29) is 17.3 Å². The van der Waals surface area contributed by atoms with Crippen molar-refractivity contribution in [3.8, 4) is 0 Å². The second-order valence-corrected chi connectivity index (χ2v) is 7.03. The quantitative estimate of drug-likeness (QED) is 0.667. The van der Waals surface area contributed by atoms with Gasteiger partial charge in [-0.15, -0.1) is 0 Å². The van der Waals surface area contributed by atoms with E-state index in [1.54, 1.807) is 0 Å². The van der Waals surface area contributed by atoms with Gasteiger partial charge in [0.25, 0.3) is 5.91 Å². The molecule has 1 fully saturated rings. The van der Waals surface area contributed by atoms with Crippen LogP contribution in [0.25, 0.3) is 0 Å². The number of nitrogens with zero attached hydrogens (tertiary/aromatic N) is 2. The van der Waals surface area contributed by atoms with Crippen LogP contribution in [-0.4, -0.2) is 38.2 Å². The van der Waals surface area contributed by atoms with Crippen LogP contribution >= 0.6 is 0 Å². The smallest absolute Gasteiger partial charge is 0.254 e. The molecule has 0 spiro atoms. The van der Waals surface area contributed by atoms with E-state index in [1.165, 1.54) is 0 Å². The molecule has 134 valence electrons. The van der Waals surface area contributed by atoms with Gasteiger partial charge in [0, 0.05) is 27.4 Å². The van der Waals surface area contributed by atoms with Gasteiger partial charge in [-0.25, -0.2) is 4.98 Å². The van der Waals surface area contributed by atoms with Crippen LogP contribution in [-0.2, 0) is 0 Å². The maximum absolute atomic E-state index is 11.8. The van der Waals surface area contributed by atoms with Crippen molar-refractivity contribution in [2.24, 2.45) is 11.7 Å². The number of hydrogen-bond acceptors (Lipinski definition) is 6. The lowest BCUT2D eigenvalue weighted by atomic mass is 9.75. The van der Waals surface area contributed by atoms with Crippen molar-refractivity contribution < 1.29 is 19.5 Å². The second kappa shape index (κ2) is 6.55. The van der Waals surface area contributed by atoms with Crippen LogP contribution in [0.1, 0.15) is 73.7 Å². The second-order valence-electron chi connectivity index (χ2n) is 7.03. The van der Waals surface area contributed by atoms with Gasteiger partial charge in [0.05, 0.1) is 11.2 Å². The molecular formula is C17H29N5O2. The number of nitrogens with one attached hydrogen (secondary N) is 2. The van der Waals surface area contributed by atoms with E-state index in [9.17, 15) is 9.90 Å². The first-order valence-corrected chi connectivity index (χ1v) is 7.64. The van der Waals surface area contributed by atoms with Crippen molar-refractivity contribution in [3.05, 3.63) is 11.8 Å². The first-order chi connectivity index (χ1) is 13.7. The van der Waals surface area contributed by atoms with Gasteiger partial charge in [-0.2, -0.15) is 4.98 Å². The van der Waals surface area contributed by atoms with E-state index in [0.29, 0.717) is 0 Å². The molecule has 0 bridgehead atoms. The number of aromatic nitrogens is 2. The summed E-state index contributed by atoms with van der Waals surface area (Å²) in [6.07, 6.45) is -4.49. The minimum atomic E-state index is -2.94. The SMILES string of the molecule is [2H]C([2H])([2H])[C@@H]1C([2H])([2H])CC(Nc2nc(NC(C)(C)C)ncc2C(N)=O)C([2H])([2H])[C@@]1(C)O. The Morgan fingerprint density at radius 1 is 1.58 bits per heavy atom. The number of primary amides is 1. The Labute approximate surface area is 153 Å². The molecule has 1 aliphatic carbocycles. The van der Waals surface area contributed by atoms with E-state index < -0.39 is 55.0 Å². The standard InChI is InChI=1S/C17H29N5O2/c1-10-6-7-11(8-17(10,5)24)20-14-12(13(18)23)9-19-15(21-14)22-16(2,3)4/h9-11,24H,6-8H2,1-5H3,(H2,18,23)(H2,19,20,21,22)/t10-,11?,17-/m1/s1/i1D3,6D2,8D2. The zero-order valence-corrected chi connectivity index (χ0v) is 14.3.